The number of hydrogen-bond donors (Lipinski definition) is 0. The van der Waals surface area contributed by atoms with Crippen molar-refractivity contribution >= 4 is 5.69 Å². The highest BCUT2D eigenvalue weighted by Crippen LogP contribution is 2.21. The maximum atomic E-state index is 10.6. The predicted octanol–water partition coefficient (Wildman–Crippen LogP) is 2.36. The van der Waals surface area contributed by atoms with Gasteiger partial charge in [-0.3, -0.25) is 15.1 Å². The van der Waals surface area contributed by atoms with E-state index in [0.717, 1.165) is 0 Å². The minimum atomic E-state index is -0.440. The van der Waals surface area contributed by atoms with E-state index < -0.39 is 4.92 Å². The molecule has 0 saturated carbocycles. The van der Waals surface area contributed by atoms with Crippen molar-refractivity contribution in [3.05, 3.63) is 52.3 Å². The summed E-state index contributed by atoms with van der Waals surface area (Å²) in [6, 6.07) is 7.14. The van der Waals surface area contributed by atoms with Crippen molar-refractivity contribution in [1.82, 2.24) is 9.97 Å². The van der Waals surface area contributed by atoms with E-state index in [4.69, 9.17) is 0 Å². The van der Waals surface area contributed by atoms with E-state index in [1.54, 1.807) is 19.2 Å². The molecule has 2 aromatic rings. The molecular weight excluding hydrogens is 206 g/mol. The van der Waals surface area contributed by atoms with E-state index in [9.17, 15) is 10.1 Å². The van der Waals surface area contributed by atoms with Crippen LogP contribution in [0.25, 0.3) is 11.4 Å². The van der Waals surface area contributed by atoms with Crippen molar-refractivity contribution in [1.29, 1.82) is 0 Å². The van der Waals surface area contributed by atoms with Crippen LogP contribution in [0.3, 0.4) is 0 Å². The Labute approximate surface area is 91.9 Å². The lowest BCUT2D eigenvalue weighted by molar-refractivity contribution is -0.385. The lowest BCUT2D eigenvalue weighted by Crippen LogP contribution is -1.95. The summed E-state index contributed by atoms with van der Waals surface area (Å²) in [6.07, 6.45) is 2.92. The zero-order chi connectivity index (χ0) is 11.5. The fraction of sp³-hybridized carbons (Fsp3) is 0.0909. The van der Waals surface area contributed by atoms with Gasteiger partial charge in [0.2, 0.25) is 0 Å². The van der Waals surface area contributed by atoms with Gasteiger partial charge in [-0.2, -0.15) is 0 Å². The average molecular weight is 215 g/mol. The predicted molar refractivity (Wildman–Crippen MR) is 58.9 cm³/mol. The number of nitro groups is 1. The van der Waals surface area contributed by atoms with E-state index in [-0.39, 0.29) is 5.69 Å². The van der Waals surface area contributed by atoms with Crippen LogP contribution in [0.4, 0.5) is 5.69 Å². The molecule has 0 amide bonds. The Bertz CT molecular complexity index is 526. The van der Waals surface area contributed by atoms with Gasteiger partial charge in [-0.15, -0.1) is 0 Å². The fourth-order valence-corrected chi connectivity index (χ4v) is 1.39. The van der Waals surface area contributed by atoms with E-state index in [1.165, 1.54) is 6.20 Å². The molecule has 0 aliphatic heterocycles. The Morgan fingerprint density at radius 1 is 1.25 bits per heavy atom. The van der Waals surface area contributed by atoms with Crippen LogP contribution >= 0.6 is 0 Å². The highest BCUT2D eigenvalue weighted by Gasteiger charge is 2.12. The van der Waals surface area contributed by atoms with Crippen molar-refractivity contribution in [3.63, 3.8) is 0 Å². The topological polar surface area (TPSA) is 68.9 Å². The normalized spacial score (nSPS) is 10.1. The van der Waals surface area contributed by atoms with Crippen molar-refractivity contribution < 1.29 is 4.92 Å². The summed E-state index contributed by atoms with van der Waals surface area (Å²) in [4.78, 5) is 18.3. The van der Waals surface area contributed by atoms with Crippen molar-refractivity contribution in [2.75, 3.05) is 0 Å². The summed E-state index contributed by atoms with van der Waals surface area (Å²) in [5.74, 6) is 0. The van der Waals surface area contributed by atoms with Crippen LogP contribution < -0.4 is 0 Å². The molecule has 0 fully saturated rings. The first-order chi connectivity index (χ1) is 7.68. The van der Waals surface area contributed by atoms with Gasteiger partial charge in [-0.1, -0.05) is 6.07 Å². The van der Waals surface area contributed by atoms with Crippen molar-refractivity contribution in [2.45, 2.75) is 6.92 Å². The quantitative estimate of drug-likeness (QED) is 0.569. The summed E-state index contributed by atoms with van der Waals surface area (Å²) in [7, 11) is 0. The molecular formula is C11H9N3O2. The van der Waals surface area contributed by atoms with Gasteiger partial charge < -0.3 is 0 Å². The lowest BCUT2D eigenvalue weighted by atomic mass is 10.2. The van der Waals surface area contributed by atoms with Crippen molar-refractivity contribution in [2.24, 2.45) is 0 Å². The Kier molecular flexibility index (Phi) is 2.59. The number of aryl methyl sites for hydroxylation is 1. The van der Waals surface area contributed by atoms with Crippen LogP contribution in [0.2, 0.25) is 0 Å². The molecule has 5 heteroatoms. The van der Waals surface area contributed by atoms with Crippen LogP contribution in [0.15, 0.2) is 36.7 Å². The van der Waals surface area contributed by atoms with Gasteiger partial charge in [-0.25, -0.2) is 4.98 Å². The molecule has 0 aliphatic carbocycles. The van der Waals surface area contributed by atoms with Gasteiger partial charge in [0.05, 0.1) is 16.3 Å². The Balaban J connectivity index is 2.46. The third-order valence-corrected chi connectivity index (χ3v) is 2.21. The largest absolute Gasteiger partial charge is 0.290 e. The lowest BCUT2D eigenvalue weighted by Gasteiger charge is -2.01. The molecule has 0 unspecified atom stereocenters. The monoisotopic (exact) mass is 215 g/mol. The first kappa shape index (κ1) is 10.2. The van der Waals surface area contributed by atoms with Gasteiger partial charge in [0.1, 0.15) is 6.20 Å². The second kappa shape index (κ2) is 4.06. The van der Waals surface area contributed by atoms with E-state index in [0.29, 0.717) is 17.0 Å². The third kappa shape index (κ3) is 1.88. The van der Waals surface area contributed by atoms with Crippen LogP contribution in [-0.4, -0.2) is 14.9 Å². The molecule has 16 heavy (non-hydrogen) atoms. The number of pyridine rings is 2. The summed E-state index contributed by atoms with van der Waals surface area (Å²) in [5, 5.41) is 10.6. The molecule has 2 heterocycles. The first-order valence-electron chi connectivity index (χ1n) is 4.71. The van der Waals surface area contributed by atoms with E-state index >= 15 is 0 Å². The van der Waals surface area contributed by atoms with Gasteiger partial charge >= 0.3 is 0 Å². The van der Waals surface area contributed by atoms with Crippen LogP contribution in [0.1, 0.15) is 5.56 Å². The number of nitrogens with zero attached hydrogens (tertiary/aromatic N) is 3. The zero-order valence-corrected chi connectivity index (χ0v) is 8.62. The second-order valence-corrected chi connectivity index (χ2v) is 3.33. The highest BCUT2D eigenvalue weighted by atomic mass is 16.6. The van der Waals surface area contributed by atoms with Gasteiger partial charge in [0, 0.05) is 11.8 Å². The maximum absolute atomic E-state index is 10.6. The van der Waals surface area contributed by atoms with Crippen LogP contribution in [-0.2, 0) is 0 Å². The molecule has 0 bridgehead atoms. The van der Waals surface area contributed by atoms with E-state index in [2.05, 4.69) is 9.97 Å². The Hall–Kier alpha value is -2.30. The molecule has 5 nitrogen and oxygen atoms in total. The van der Waals surface area contributed by atoms with Gasteiger partial charge in [0.15, 0.2) is 0 Å². The Morgan fingerprint density at radius 2 is 2.06 bits per heavy atom. The molecule has 0 aliphatic rings. The molecule has 2 rings (SSSR count). The van der Waals surface area contributed by atoms with Crippen molar-refractivity contribution in [3.8, 4) is 11.4 Å². The molecule has 0 aromatic carbocycles. The second-order valence-electron chi connectivity index (χ2n) is 3.33. The zero-order valence-electron chi connectivity index (χ0n) is 8.62. The third-order valence-electron chi connectivity index (χ3n) is 2.21. The van der Waals surface area contributed by atoms with E-state index in [1.807, 2.05) is 18.2 Å². The standard InChI is InChI=1S/C11H9N3O2/c1-8-6-10(9-4-2-3-5-12-9)13-7-11(8)14(15)16/h2-7H,1H3. The average Bonchev–Trinajstić information content (AvgIpc) is 2.29. The smallest absolute Gasteiger partial charge is 0.258 e. The summed E-state index contributed by atoms with van der Waals surface area (Å²) in [6.45, 7) is 1.69. The number of rotatable bonds is 2. The number of aromatic nitrogens is 2. The molecule has 0 N–H and O–H groups in total. The molecule has 80 valence electrons. The minimum absolute atomic E-state index is 0.0275. The number of hydrogen-bond acceptors (Lipinski definition) is 4. The Morgan fingerprint density at radius 3 is 2.62 bits per heavy atom. The summed E-state index contributed by atoms with van der Waals surface area (Å²) >= 11 is 0. The maximum Gasteiger partial charge on any atom is 0.290 e. The SMILES string of the molecule is Cc1cc(-c2ccccn2)ncc1[N+](=O)[O-]. The van der Waals surface area contributed by atoms with Crippen LogP contribution in [0.5, 0.6) is 0 Å². The molecule has 0 spiro atoms. The van der Waals surface area contributed by atoms with Gasteiger partial charge in [-0.05, 0) is 25.1 Å². The van der Waals surface area contributed by atoms with Gasteiger partial charge in [0.25, 0.3) is 5.69 Å². The molecule has 0 atom stereocenters. The summed E-state index contributed by atoms with van der Waals surface area (Å²) < 4.78 is 0. The highest BCUT2D eigenvalue weighted by molar-refractivity contribution is 5.57. The van der Waals surface area contributed by atoms with Crippen LogP contribution in [0, 0.1) is 17.0 Å². The summed E-state index contributed by atoms with van der Waals surface area (Å²) in [5.41, 5.74) is 1.96. The first-order valence-corrected chi connectivity index (χ1v) is 4.71. The minimum Gasteiger partial charge on any atom is -0.258 e. The molecule has 0 saturated heterocycles. The molecule has 0 radical (unpaired) electrons. The molecule has 2 aromatic heterocycles. The fourth-order valence-electron chi connectivity index (χ4n) is 1.39.